The number of hydrogen-bond donors (Lipinski definition) is 0. The fourth-order valence-electron chi connectivity index (χ4n) is 0.921. The molecule has 11 heavy (non-hydrogen) atoms. The Labute approximate surface area is 65.9 Å². The third kappa shape index (κ3) is 1.50. The van der Waals surface area contributed by atoms with Crippen LogP contribution in [0.2, 0.25) is 0 Å². The van der Waals surface area contributed by atoms with Gasteiger partial charge in [0.15, 0.2) is 12.4 Å². The van der Waals surface area contributed by atoms with E-state index in [1.807, 2.05) is 6.92 Å². The first-order valence-corrected chi connectivity index (χ1v) is 3.51. The Balaban J connectivity index is 2.60. The average molecular weight is 156 g/mol. The molecule has 62 valence electrons. The van der Waals surface area contributed by atoms with E-state index in [0.29, 0.717) is 0 Å². The Kier molecular flexibility index (Phi) is 2.12. The van der Waals surface area contributed by atoms with Crippen LogP contribution in [0.25, 0.3) is 0 Å². The van der Waals surface area contributed by atoms with Crippen molar-refractivity contribution in [3.05, 3.63) is 0 Å². The van der Waals surface area contributed by atoms with Gasteiger partial charge in [-0.05, 0) is 6.92 Å². The van der Waals surface area contributed by atoms with Gasteiger partial charge in [-0.2, -0.15) is 0 Å². The maximum absolute atomic E-state index is 11.3. The molecule has 0 bridgehead atoms. The number of aliphatic imine (C=N–C) groups is 1. The molecule has 1 rings (SSSR count). The summed E-state index contributed by atoms with van der Waals surface area (Å²) in [5.41, 5.74) is 0. The molecule has 0 aromatic heterocycles. The highest BCUT2D eigenvalue weighted by Crippen LogP contribution is 2.10. The maximum Gasteiger partial charge on any atom is 0.250 e. The molecule has 4 nitrogen and oxygen atoms in total. The molecule has 0 spiro atoms. The molecule has 1 aliphatic rings. The lowest BCUT2D eigenvalue weighted by atomic mass is 10.2. The van der Waals surface area contributed by atoms with Crippen molar-refractivity contribution in [2.45, 2.75) is 19.1 Å². The molecule has 0 aromatic rings. The average Bonchev–Trinajstić information content (AvgIpc) is 2.33. The molecule has 0 N–H and O–H groups in total. The molecule has 0 aliphatic carbocycles. The van der Waals surface area contributed by atoms with Crippen molar-refractivity contribution in [3.63, 3.8) is 0 Å². The van der Waals surface area contributed by atoms with Gasteiger partial charge in [-0.3, -0.25) is 4.79 Å². The number of ether oxygens (including phenoxy) is 1. The number of nitrogens with zero attached hydrogens (tertiary/aromatic N) is 2. The molecule has 0 fully saturated rings. The molecule has 0 saturated heterocycles. The summed E-state index contributed by atoms with van der Waals surface area (Å²) in [5, 5.41) is 0. The molecule has 4 heteroatoms. The normalized spacial score (nSPS) is 28.3. The molecule has 1 amide bonds. The Morgan fingerprint density at radius 3 is 2.64 bits per heavy atom. The van der Waals surface area contributed by atoms with Crippen LogP contribution in [0.1, 0.15) is 6.92 Å². The molecule has 2 atom stereocenters. The molecule has 0 aromatic carbocycles. The second-order valence-electron chi connectivity index (χ2n) is 2.77. The fraction of sp³-hybridized carbons (Fsp3) is 0.714. The number of rotatable bonds is 1. The van der Waals surface area contributed by atoms with Gasteiger partial charge in [0.1, 0.15) is 6.10 Å². The Hall–Kier alpha value is -1.06. The number of hydrogen-bond acceptors (Lipinski definition) is 3. The van der Waals surface area contributed by atoms with E-state index in [0.717, 1.165) is 0 Å². The second-order valence-corrected chi connectivity index (χ2v) is 2.77. The first kappa shape index (κ1) is 8.04. The van der Waals surface area contributed by atoms with E-state index in [4.69, 9.17) is 4.74 Å². The molecular weight excluding hydrogens is 144 g/mol. The topological polar surface area (TPSA) is 41.9 Å². The highest BCUT2D eigenvalue weighted by Gasteiger charge is 2.29. The van der Waals surface area contributed by atoms with E-state index in [-0.39, 0.29) is 18.1 Å². The number of likely N-dealkylation sites (N-methyl/N-ethyl adjacent to an activating group) is 1. The van der Waals surface area contributed by atoms with Crippen LogP contribution in [0, 0.1) is 0 Å². The zero-order valence-electron chi connectivity index (χ0n) is 6.94. The van der Waals surface area contributed by atoms with Gasteiger partial charge in [-0.25, -0.2) is 4.99 Å². The molecule has 1 aliphatic heterocycles. The van der Waals surface area contributed by atoms with Crippen molar-refractivity contribution in [2.24, 2.45) is 4.99 Å². The summed E-state index contributed by atoms with van der Waals surface area (Å²) in [6.45, 7) is 1.83. The monoisotopic (exact) mass is 156 g/mol. The van der Waals surface area contributed by atoms with Crippen molar-refractivity contribution in [1.82, 2.24) is 4.90 Å². The summed E-state index contributed by atoms with van der Waals surface area (Å²) in [6.07, 6.45) is 1.22. The lowest BCUT2D eigenvalue weighted by Gasteiger charge is -2.16. The van der Waals surface area contributed by atoms with Gasteiger partial charge in [-0.15, -0.1) is 0 Å². The third-order valence-electron chi connectivity index (χ3n) is 1.64. The lowest BCUT2D eigenvalue weighted by Crippen LogP contribution is -2.37. The lowest BCUT2D eigenvalue weighted by molar-refractivity contribution is -0.131. The van der Waals surface area contributed by atoms with Gasteiger partial charge >= 0.3 is 0 Å². The van der Waals surface area contributed by atoms with E-state index < -0.39 is 0 Å². The van der Waals surface area contributed by atoms with Gasteiger partial charge in [0.25, 0.3) is 5.91 Å². The van der Waals surface area contributed by atoms with Gasteiger partial charge in [0.05, 0.1) is 0 Å². The van der Waals surface area contributed by atoms with Crippen molar-refractivity contribution in [2.75, 3.05) is 14.1 Å². The zero-order chi connectivity index (χ0) is 8.43. The smallest absolute Gasteiger partial charge is 0.250 e. The maximum atomic E-state index is 11.3. The Morgan fingerprint density at radius 2 is 2.27 bits per heavy atom. The van der Waals surface area contributed by atoms with Crippen LogP contribution in [-0.2, 0) is 9.53 Å². The fourth-order valence-corrected chi connectivity index (χ4v) is 0.921. The first-order chi connectivity index (χ1) is 5.13. The van der Waals surface area contributed by atoms with Crippen molar-refractivity contribution in [3.8, 4) is 0 Å². The SMILES string of the molecule is CC1OC=NC1C(=O)N(C)C. The summed E-state index contributed by atoms with van der Waals surface area (Å²) in [6, 6.07) is -0.343. The standard InChI is InChI=1S/C7H12N2O2/c1-5-6(8-4-11-5)7(10)9(2)3/h4-6H,1-3H3. The van der Waals surface area contributed by atoms with Crippen LogP contribution in [0.15, 0.2) is 4.99 Å². The zero-order valence-corrected chi connectivity index (χ0v) is 6.94. The van der Waals surface area contributed by atoms with Gasteiger partial charge in [-0.1, -0.05) is 0 Å². The van der Waals surface area contributed by atoms with E-state index >= 15 is 0 Å². The van der Waals surface area contributed by atoms with E-state index in [1.54, 1.807) is 14.1 Å². The number of carbonyl (C=O) groups excluding carboxylic acids is 1. The summed E-state index contributed by atoms with van der Waals surface area (Å²) in [4.78, 5) is 16.7. The highest BCUT2D eigenvalue weighted by molar-refractivity contribution is 5.84. The number of amides is 1. The molecule has 0 saturated carbocycles. The minimum atomic E-state index is -0.343. The minimum Gasteiger partial charge on any atom is -0.478 e. The van der Waals surface area contributed by atoms with Gasteiger partial charge in [0, 0.05) is 14.1 Å². The molecule has 0 radical (unpaired) electrons. The van der Waals surface area contributed by atoms with Gasteiger partial charge in [0.2, 0.25) is 0 Å². The Bertz CT molecular complexity index is 189. The van der Waals surface area contributed by atoms with Crippen LogP contribution in [0.5, 0.6) is 0 Å². The summed E-state index contributed by atoms with van der Waals surface area (Å²) in [5.74, 6) is -0.00810. The third-order valence-corrected chi connectivity index (χ3v) is 1.64. The van der Waals surface area contributed by atoms with E-state index in [2.05, 4.69) is 4.99 Å². The number of carbonyl (C=O) groups is 1. The van der Waals surface area contributed by atoms with Crippen molar-refractivity contribution < 1.29 is 9.53 Å². The van der Waals surface area contributed by atoms with Crippen LogP contribution in [-0.4, -0.2) is 43.4 Å². The second kappa shape index (κ2) is 2.90. The summed E-state index contributed by atoms with van der Waals surface area (Å²) < 4.78 is 5.00. The van der Waals surface area contributed by atoms with Crippen LogP contribution in [0.3, 0.4) is 0 Å². The predicted octanol–water partition coefficient (Wildman–Crippen LogP) is -0.110. The quantitative estimate of drug-likeness (QED) is 0.531. The van der Waals surface area contributed by atoms with Crippen LogP contribution < -0.4 is 0 Å². The minimum absolute atomic E-state index is 0.00810. The Morgan fingerprint density at radius 1 is 1.64 bits per heavy atom. The molecule has 2 unspecified atom stereocenters. The van der Waals surface area contributed by atoms with Crippen LogP contribution in [0.4, 0.5) is 0 Å². The van der Waals surface area contributed by atoms with Crippen molar-refractivity contribution >= 4 is 12.3 Å². The first-order valence-electron chi connectivity index (χ1n) is 3.51. The molecular formula is C7H12N2O2. The van der Waals surface area contributed by atoms with E-state index in [9.17, 15) is 4.79 Å². The largest absolute Gasteiger partial charge is 0.478 e. The van der Waals surface area contributed by atoms with Crippen LogP contribution >= 0.6 is 0 Å². The summed E-state index contributed by atoms with van der Waals surface area (Å²) in [7, 11) is 3.42. The predicted molar refractivity (Wildman–Crippen MR) is 41.5 cm³/mol. The molecule has 1 heterocycles. The van der Waals surface area contributed by atoms with E-state index in [1.165, 1.54) is 11.3 Å². The summed E-state index contributed by atoms with van der Waals surface area (Å²) >= 11 is 0. The van der Waals surface area contributed by atoms with Crippen molar-refractivity contribution in [1.29, 1.82) is 0 Å². The highest BCUT2D eigenvalue weighted by atomic mass is 16.5. The van der Waals surface area contributed by atoms with Gasteiger partial charge < -0.3 is 9.64 Å².